The van der Waals surface area contributed by atoms with E-state index >= 15 is 0 Å². The van der Waals surface area contributed by atoms with Crippen LogP contribution in [0.4, 0.5) is 18.9 Å². The summed E-state index contributed by atoms with van der Waals surface area (Å²) < 4.78 is 45.8. The minimum Gasteiger partial charge on any atom is -0.370 e. The Morgan fingerprint density at radius 2 is 1.88 bits per heavy atom. The van der Waals surface area contributed by atoms with E-state index in [0.717, 1.165) is 17.1 Å². The molecule has 4 rings (SSSR count). The molecule has 1 aliphatic heterocycles. The summed E-state index contributed by atoms with van der Waals surface area (Å²) in [4.78, 5) is 6.30. The van der Waals surface area contributed by atoms with Crippen LogP contribution in [-0.4, -0.2) is 24.7 Å². The number of pyridine rings is 1. The van der Waals surface area contributed by atoms with E-state index in [2.05, 4.69) is 9.88 Å². The lowest BCUT2D eigenvalue weighted by Gasteiger charge is -2.35. The van der Waals surface area contributed by atoms with Gasteiger partial charge in [-0.05, 0) is 35.9 Å². The lowest BCUT2D eigenvalue weighted by Crippen LogP contribution is -2.38. The molecule has 1 unspecified atom stereocenters. The van der Waals surface area contributed by atoms with Gasteiger partial charge in [-0.2, -0.15) is 0 Å². The summed E-state index contributed by atoms with van der Waals surface area (Å²) in [7, 11) is 0. The van der Waals surface area contributed by atoms with Crippen molar-refractivity contribution in [1.82, 2.24) is 4.98 Å². The number of aromatic nitrogens is 1. The average molecular weight is 344 g/mol. The maximum absolute atomic E-state index is 13.5. The number of benzene rings is 2. The lowest BCUT2D eigenvalue weighted by atomic mass is 10.1. The maximum Gasteiger partial charge on any atom is 0.159 e. The van der Waals surface area contributed by atoms with E-state index < -0.39 is 11.6 Å². The molecule has 3 nitrogen and oxygen atoms in total. The van der Waals surface area contributed by atoms with Gasteiger partial charge in [0.2, 0.25) is 0 Å². The van der Waals surface area contributed by atoms with E-state index in [0.29, 0.717) is 30.8 Å². The van der Waals surface area contributed by atoms with Gasteiger partial charge in [-0.15, -0.1) is 0 Å². The third-order valence-electron chi connectivity index (χ3n) is 4.40. The highest BCUT2D eigenvalue weighted by Gasteiger charge is 2.24. The molecule has 0 bridgehead atoms. The summed E-state index contributed by atoms with van der Waals surface area (Å²) in [6.07, 6.45) is 1.27. The van der Waals surface area contributed by atoms with Crippen LogP contribution in [0.15, 0.2) is 48.7 Å². The number of halogens is 3. The van der Waals surface area contributed by atoms with E-state index in [1.807, 2.05) is 6.07 Å². The van der Waals surface area contributed by atoms with Crippen molar-refractivity contribution < 1.29 is 17.9 Å². The zero-order chi connectivity index (χ0) is 17.4. The minimum atomic E-state index is -0.886. The Kier molecular flexibility index (Phi) is 4.05. The van der Waals surface area contributed by atoms with E-state index in [1.165, 1.54) is 24.3 Å². The summed E-state index contributed by atoms with van der Waals surface area (Å²) in [5.41, 5.74) is 2.09. The van der Waals surface area contributed by atoms with Crippen molar-refractivity contribution in [1.29, 1.82) is 0 Å². The first-order chi connectivity index (χ1) is 12.1. The van der Waals surface area contributed by atoms with Crippen molar-refractivity contribution in [3.8, 4) is 0 Å². The number of ether oxygens (including phenoxy) is 1. The van der Waals surface area contributed by atoms with Gasteiger partial charge < -0.3 is 9.64 Å². The molecule has 128 valence electrons. The first kappa shape index (κ1) is 15.9. The first-order valence-electron chi connectivity index (χ1n) is 7.97. The van der Waals surface area contributed by atoms with Crippen LogP contribution < -0.4 is 4.90 Å². The fraction of sp³-hybridized carbons (Fsp3) is 0.211. The number of anilines is 1. The molecule has 2 aromatic carbocycles. The summed E-state index contributed by atoms with van der Waals surface area (Å²) in [6.45, 7) is 1.59. The van der Waals surface area contributed by atoms with Crippen molar-refractivity contribution >= 4 is 16.6 Å². The van der Waals surface area contributed by atoms with Gasteiger partial charge in [0, 0.05) is 36.4 Å². The number of rotatable bonds is 2. The maximum atomic E-state index is 13.5. The molecule has 0 N–H and O–H groups in total. The largest absolute Gasteiger partial charge is 0.370 e. The predicted octanol–water partition coefficient (Wildman–Crippen LogP) is 4.23. The second kappa shape index (κ2) is 6.37. The molecule has 1 atom stereocenters. The predicted molar refractivity (Wildman–Crippen MR) is 89.0 cm³/mol. The molecule has 3 aromatic rings. The smallest absolute Gasteiger partial charge is 0.159 e. The zero-order valence-corrected chi connectivity index (χ0v) is 13.3. The number of hydrogen-bond acceptors (Lipinski definition) is 3. The van der Waals surface area contributed by atoms with Crippen molar-refractivity contribution in [2.75, 3.05) is 24.6 Å². The van der Waals surface area contributed by atoms with Gasteiger partial charge >= 0.3 is 0 Å². The van der Waals surface area contributed by atoms with Crippen LogP contribution in [0.5, 0.6) is 0 Å². The third kappa shape index (κ3) is 3.05. The summed E-state index contributed by atoms with van der Waals surface area (Å²) in [5, 5.41) is 0.842. The van der Waals surface area contributed by atoms with Gasteiger partial charge in [0.15, 0.2) is 11.6 Å². The van der Waals surface area contributed by atoms with Gasteiger partial charge in [-0.25, -0.2) is 13.2 Å². The molecular formula is C19H15F3N2O. The van der Waals surface area contributed by atoms with E-state index in [9.17, 15) is 13.2 Å². The third-order valence-corrected chi connectivity index (χ3v) is 4.40. The average Bonchev–Trinajstić information content (AvgIpc) is 2.63. The molecule has 0 amide bonds. The second-order valence-corrected chi connectivity index (χ2v) is 5.97. The fourth-order valence-corrected chi connectivity index (χ4v) is 3.16. The zero-order valence-electron chi connectivity index (χ0n) is 13.3. The molecule has 25 heavy (non-hydrogen) atoms. The molecule has 0 saturated carbocycles. The fourth-order valence-electron chi connectivity index (χ4n) is 3.16. The monoisotopic (exact) mass is 344 g/mol. The van der Waals surface area contributed by atoms with Crippen LogP contribution in [0, 0.1) is 17.5 Å². The highest BCUT2D eigenvalue weighted by atomic mass is 19.2. The van der Waals surface area contributed by atoms with Crippen molar-refractivity contribution in [3.05, 3.63) is 71.7 Å². The Morgan fingerprint density at radius 3 is 2.72 bits per heavy atom. The SMILES string of the molecule is Fc1ccc2c(N3CCOC(c4ccc(F)c(F)c4)C3)ccnc2c1. The number of fused-ring (bicyclic) bond motifs is 1. The van der Waals surface area contributed by atoms with E-state index in [-0.39, 0.29) is 11.9 Å². The molecule has 1 aromatic heterocycles. The number of morpholine rings is 1. The van der Waals surface area contributed by atoms with E-state index in [4.69, 9.17) is 4.74 Å². The normalized spacial score (nSPS) is 17.9. The Balaban J connectivity index is 1.66. The van der Waals surface area contributed by atoms with Crippen LogP contribution in [0.25, 0.3) is 10.9 Å². The summed E-state index contributed by atoms with van der Waals surface area (Å²) in [6, 6.07) is 10.2. The molecule has 0 aliphatic carbocycles. The Hall–Kier alpha value is -2.60. The summed E-state index contributed by atoms with van der Waals surface area (Å²) in [5.74, 6) is -2.10. The molecule has 1 saturated heterocycles. The molecule has 6 heteroatoms. The van der Waals surface area contributed by atoms with Crippen LogP contribution in [0.1, 0.15) is 11.7 Å². The Labute approximate surface area is 142 Å². The first-order valence-corrected chi connectivity index (χ1v) is 7.97. The van der Waals surface area contributed by atoms with Gasteiger partial charge in [0.05, 0.1) is 12.1 Å². The van der Waals surface area contributed by atoms with Crippen molar-refractivity contribution in [2.45, 2.75) is 6.10 Å². The summed E-state index contributed by atoms with van der Waals surface area (Å²) >= 11 is 0. The Bertz CT molecular complexity index is 932. The standard InChI is InChI=1S/C19H15F3N2O/c20-13-2-3-14-17(10-13)23-6-5-18(14)24-7-8-25-19(11-24)12-1-4-15(21)16(22)9-12/h1-6,9-10,19H,7-8,11H2. The molecule has 0 spiro atoms. The Morgan fingerprint density at radius 1 is 1.00 bits per heavy atom. The van der Waals surface area contributed by atoms with Gasteiger partial charge in [0.25, 0.3) is 0 Å². The van der Waals surface area contributed by atoms with Crippen molar-refractivity contribution in [3.63, 3.8) is 0 Å². The van der Waals surface area contributed by atoms with Gasteiger partial charge in [-0.3, -0.25) is 4.98 Å². The van der Waals surface area contributed by atoms with Crippen LogP contribution in [0.3, 0.4) is 0 Å². The van der Waals surface area contributed by atoms with Crippen LogP contribution in [-0.2, 0) is 4.74 Å². The number of nitrogens with zero attached hydrogens (tertiary/aromatic N) is 2. The highest BCUT2D eigenvalue weighted by molar-refractivity contribution is 5.91. The van der Waals surface area contributed by atoms with E-state index in [1.54, 1.807) is 12.3 Å². The van der Waals surface area contributed by atoms with Crippen molar-refractivity contribution in [2.24, 2.45) is 0 Å². The van der Waals surface area contributed by atoms with Gasteiger partial charge in [-0.1, -0.05) is 6.07 Å². The van der Waals surface area contributed by atoms with Gasteiger partial charge in [0.1, 0.15) is 11.9 Å². The second-order valence-electron chi connectivity index (χ2n) is 5.97. The molecular weight excluding hydrogens is 329 g/mol. The molecule has 1 aliphatic rings. The highest BCUT2D eigenvalue weighted by Crippen LogP contribution is 2.31. The molecule has 0 radical (unpaired) electrons. The number of hydrogen-bond donors (Lipinski definition) is 0. The van der Waals surface area contributed by atoms with Crippen LogP contribution >= 0.6 is 0 Å². The van der Waals surface area contributed by atoms with Crippen LogP contribution in [0.2, 0.25) is 0 Å². The quantitative estimate of drug-likeness (QED) is 0.696. The molecule has 2 heterocycles. The minimum absolute atomic E-state index is 0.334. The lowest BCUT2D eigenvalue weighted by molar-refractivity contribution is 0.0396. The topological polar surface area (TPSA) is 25.4 Å². The molecule has 1 fully saturated rings.